The van der Waals surface area contributed by atoms with E-state index in [1.165, 1.54) is 0 Å². The van der Waals surface area contributed by atoms with Crippen molar-refractivity contribution in [2.45, 2.75) is 56.0 Å². The van der Waals surface area contributed by atoms with Crippen molar-refractivity contribution in [1.82, 2.24) is 0 Å². The third-order valence-electron chi connectivity index (χ3n) is 4.97. The van der Waals surface area contributed by atoms with E-state index >= 15 is 0 Å². The number of halogens is 1. The van der Waals surface area contributed by atoms with Crippen LogP contribution in [0.4, 0.5) is 5.69 Å². The number of carboxylic acid groups (broad SMARTS) is 1. The molecule has 0 bridgehead atoms. The Morgan fingerprint density at radius 2 is 2.11 bits per heavy atom. The van der Waals surface area contributed by atoms with E-state index in [9.17, 15) is 9.90 Å². The summed E-state index contributed by atoms with van der Waals surface area (Å²) in [5.74, 6) is 0.206. The summed E-state index contributed by atoms with van der Waals surface area (Å²) < 4.78 is 0. The number of hydrogen-bond donors (Lipinski definition) is 2. The van der Waals surface area contributed by atoms with Crippen LogP contribution in [0.5, 0.6) is 0 Å². The summed E-state index contributed by atoms with van der Waals surface area (Å²) in [6, 6.07) is 8.43. The zero-order valence-corrected chi connectivity index (χ0v) is 17.5. The number of benzene rings is 1. The van der Waals surface area contributed by atoms with Crippen molar-refractivity contribution in [3.63, 3.8) is 0 Å². The van der Waals surface area contributed by atoms with Crippen LogP contribution in [0.2, 0.25) is 0 Å². The second-order valence-electron chi connectivity index (χ2n) is 6.95. The van der Waals surface area contributed by atoms with Gasteiger partial charge in [0.25, 0.3) is 0 Å². The molecular formula is C21H30ClNO3S. The van der Waals surface area contributed by atoms with Crippen LogP contribution >= 0.6 is 23.4 Å². The molecule has 1 aromatic rings. The number of hydrogen-bond acceptors (Lipinski definition) is 4. The summed E-state index contributed by atoms with van der Waals surface area (Å²) in [6.07, 6.45) is 10.1. The van der Waals surface area contributed by atoms with Crippen molar-refractivity contribution in [3.8, 4) is 0 Å². The van der Waals surface area contributed by atoms with Gasteiger partial charge in [0.05, 0.1) is 11.5 Å². The van der Waals surface area contributed by atoms with E-state index in [4.69, 9.17) is 16.7 Å². The Labute approximate surface area is 171 Å². The van der Waals surface area contributed by atoms with Gasteiger partial charge in [-0.05, 0) is 61.8 Å². The van der Waals surface area contributed by atoms with Crippen LogP contribution in [0.25, 0.3) is 0 Å². The molecule has 3 unspecified atom stereocenters. The first-order valence-electron chi connectivity index (χ1n) is 9.57. The maximum atomic E-state index is 10.5. The van der Waals surface area contributed by atoms with Gasteiger partial charge in [-0.2, -0.15) is 11.8 Å². The van der Waals surface area contributed by atoms with Crippen molar-refractivity contribution in [3.05, 3.63) is 42.0 Å². The molecule has 150 valence electrons. The molecule has 1 aliphatic rings. The van der Waals surface area contributed by atoms with Crippen molar-refractivity contribution in [1.29, 1.82) is 0 Å². The fraction of sp³-hybridized carbons (Fsp3) is 0.571. The Balaban J connectivity index is 1.91. The number of allylic oxidation sites excluding steroid dienone is 1. The van der Waals surface area contributed by atoms with Crippen molar-refractivity contribution in [2.75, 3.05) is 23.5 Å². The van der Waals surface area contributed by atoms with E-state index in [1.807, 2.05) is 18.4 Å². The molecule has 0 radical (unpaired) electrons. The molecule has 6 heteroatoms. The lowest BCUT2D eigenvalue weighted by Crippen LogP contribution is -2.32. The number of carboxylic acids is 1. The van der Waals surface area contributed by atoms with Gasteiger partial charge >= 0.3 is 5.97 Å². The molecule has 1 heterocycles. The summed E-state index contributed by atoms with van der Waals surface area (Å²) in [6.45, 7) is 0.931. The minimum absolute atomic E-state index is 0.112. The number of aliphatic hydroxyl groups is 1. The predicted molar refractivity (Wildman–Crippen MR) is 115 cm³/mol. The minimum atomic E-state index is -0.742. The Morgan fingerprint density at radius 1 is 1.37 bits per heavy atom. The molecule has 2 N–H and O–H groups in total. The Bertz CT molecular complexity index is 608. The van der Waals surface area contributed by atoms with Crippen LogP contribution in [0.1, 0.15) is 50.2 Å². The van der Waals surface area contributed by atoms with Gasteiger partial charge in [0.15, 0.2) is 0 Å². The number of aliphatic carboxylic acids is 1. The lowest BCUT2D eigenvalue weighted by Gasteiger charge is -2.28. The highest BCUT2D eigenvalue weighted by Crippen LogP contribution is 2.32. The second-order valence-corrected chi connectivity index (χ2v) is 8.49. The third-order valence-corrected chi connectivity index (χ3v) is 6.13. The molecule has 27 heavy (non-hydrogen) atoms. The first-order valence-corrected chi connectivity index (χ1v) is 11.4. The normalized spacial score (nSPS) is 21.1. The summed E-state index contributed by atoms with van der Waals surface area (Å²) in [5, 5.41) is 19.0. The molecular weight excluding hydrogens is 382 g/mol. The molecule has 1 saturated heterocycles. The van der Waals surface area contributed by atoms with E-state index in [0.717, 1.165) is 49.2 Å². The van der Waals surface area contributed by atoms with E-state index in [-0.39, 0.29) is 17.8 Å². The monoisotopic (exact) mass is 411 g/mol. The minimum Gasteiger partial charge on any atom is -0.481 e. The number of rotatable bonds is 11. The maximum absolute atomic E-state index is 10.5. The highest BCUT2D eigenvalue weighted by atomic mass is 35.5. The molecule has 1 fully saturated rings. The van der Waals surface area contributed by atoms with Gasteiger partial charge in [-0.25, -0.2) is 0 Å². The molecule has 0 spiro atoms. The smallest absolute Gasteiger partial charge is 0.303 e. The molecule has 1 aliphatic heterocycles. The quantitative estimate of drug-likeness (QED) is 0.309. The molecule has 0 amide bonds. The number of thioether (sulfide) groups is 1. The van der Waals surface area contributed by atoms with E-state index < -0.39 is 12.1 Å². The molecule has 1 aromatic carbocycles. The van der Waals surface area contributed by atoms with Gasteiger partial charge in [0.2, 0.25) is 0 Å². The lowest BCUT2D eigenvalue weighted by molar-refractivity contribution is -0.137. The van der Waals surface area contributed by atoms with Crippen molar-refractivity contribution in [2.24, 2.45) is 0 Å². The maximum Gasteiger partial charge on any atom is 0.303 e. The van der Waals surface area contributed by atoms with Gasteiger partial charge in [-0.1, -0.05) is 24.3 Å². The van der Waals surface area contributed by atoms with E-state index in [0.29, 0.717) is 6.42 Å². The van der Waals surface area contributed by atoms with Gasteiger partial charge < -0.3 is 15.1 Å². The van der Waals surface area contributed by atoms with Crippen LogP contribution < -0.4 is 4.90 Å². The van der Waals surface area contributed by atoms with E-state index in [1.54, 1.807) is 11.8 Å². The number of aliphatic hydroxyl groups excluding tert-OH is 1. The first kappa shape index (κ1) is 22.1. The standard InChI is InChI=1S/C21H30ClNO3S/c1-27-15-13-20(24)16-8-10-17(11-9-16)23-14-12-18(22)19(23)6-4-2-3-5-7-21(25)26/h2,4,8-11,18-20,24H,3,5-7,12-15H2,1H3,(H,25,26)/b4-2-. The second kappa shape index (κ2) is 11.6. The summed E-state index contributed by atoms with van der Waals surface area (Å²) >= 11 is 8.29. The van der Waals surface area contributed by atoms with Gasteiger partial charge in [-0.3, -0.25) is 4.79 Å². The molecule has 3 atom stereocenters. The Kier molecular flexibility index (Phi) is 9.52. The number of anilines is 1. The summed E-state index contributed by atoms with van der Waals surface area (Å²) in [5.41, 5.74) is 2.10. The number of carbonyl (C=O) groups is 1. The Morgan fingerprint density at radius 3 is 2.78 bits per heavy atom. The highest BCUT2D eigenvalue weighted by Gasteiger charge is 2.31. The molecule has 4 nitrogen and oxygen atoms in total. The lowest BCUT2D eigenvalue weighted by atomic mass is 10.1. The number of alkyl halides is 1. The predicted octanol–water partition coefficient (Wildman–Crippen LogP) is 4.86. The van der Waals surface area contributed by atoms with Crippen molar-refractivity contribution < 1.29 is 15.0 Å². The summed E-state index contributed by atoms with van der Waals surface area (Å²) in [4.78, 5) is 12.9. The molecule has 0 saturated carbocycles. The average Bonchev–Trinajstić information content (AvgIpc) is 3.03. The highest BCUT2D eigenvalue weighted by molar-refractivity contribution is 7.98. The first-order chi connectivity index (χ1) is 13.0. The van der Waals surface area contributed by atoms with Gasteiger partial charge in [0, 0.05) is 24.7 Å². The number of nitrogens with zero attached hydrogens (tertiary/aromatic N) is 1. The van der Waals surface area contributed by atoms with Gasteiger partial charge in [0.1, 0.15) is 0 Å². The largest absolute Gasteiger partial charge is 0.481 e. The van der Waals surface area contributed by atoms with Crippen LogP contribution in [-0.4, -0.2) is 46.2 Å². The van der Waals surface area contributed by atoms with Crippen LogP contribution in [0.15, 0.2) is 36.4 Å². The van der Waals surface area contributed by atoms with E-state index in [2.05, 4.69) is 29.2 Å². The summed E-state index contributed by atoms with van der Waals surface area (Å²) in [7, 11) is 0. The fourth-order valence-electron chi connectivity index (χ4n) is 3.42. The fourth-order valence-corrected chi connectivity index (χ4v) is 4.22. The number of unbranched alkanes of at least 4 members (excludes halogenated alkanes) is 1. The topological polar surface area (TPSA) is 60.8 Å². The average molecular weight is 412 g/mol. The van der Waals surface area contributed by atoms with Crippen LogP contribution in [0.3, 0.4) is 0 Å². The molecule has 0 aliphatic carbocycles. The zero-order chi connectivity index (χ0) is 19.6. The van der Waals surface area contributed by atoms with Crippen molar-refractivity contribution >= 4 is 35.0 Å². The zero-order valence-electron chi connectivity index (χ0n) is 15.9. The van der Waals surface area contributed by atoms with Crippen LogP contribution in [0, 0.1) is 0 Å². The molecule has 2 rings (SSSR count). The van der Waals surface area contributed by atoms with Crippen LogP contribution in [-0.2, 0) is 4.79 Å². The third kappa shape index (κ3) is 7.05. The Hall–Kier alpha value is -1.17. The van der Waals surface area contributed by atoms with Gasteiger partial charge in [-0.15, -0.1) is 11.6 Å². The molecule has 0 aromatic heterocycles. The SMILES string of the molecule is CSCCC(O)c1ccc(N2CCC(Cl)C2C/C=C\CCCC(=O)O)cc1.